The minimum Gasteiger partial charge on any atom is -0.390 e. The SMILES string of the molecule is C=C[C@@H]1CCCC[C@@H]([C@@H](O)CNCCC(C)C)NC(=O)C(C(C)C)NC(=O)CCCO1. The van der Waals surface area contributed by atoms with Crippen LogP contribution in [0.5, 0.6) is 0 Å². The Hall–Kier alpha value is -1.44. The maximum absolute atomic E-state index is 13.0. The molecule has 1 saturated heterocycles. The molecule has 1 fully saturated rings. The number of carbonyl (C=O) groups is 2. The predicted octanol–water partition coefficient (Wildman–Crippen LogP) is 2.53. The molecule has 1 unspecified atom stereocenters. The van der Waals surface area contributed by atoms with Crippen molar-refractivity contribution in [2.24, 2.45) is 11.8 Å². The number of hydrogen-bond acceptors (Lipinski definition) is 5. The van der Waals surface area contributed by atoms with Crippen molar-refractivity contribution in [3.63, 3.8) is 0 Å². The lowest BCUT2D eigenvalue weighted by atomic mass is 9.98. The van der Waals surface area contributed by atoms with E-state index in [-0.39, 0.29) is 29.9 Å². The van der Waals surface area contributed by atoms with Gasteiger partial charge in [-0.1, -0.05) is 46.6 Å². The van der Waals surface area contributed by atoms with Crippen molar-refractivity contribution in [3.8, 4) is 0 Å². The van der Waals surface area contributed by atoms with Crippen molar-refractivity contribution in [2.75, 3.05) is 19.7 Å². The van der Waals surface area contributed by atoms with Crippen molar-refractivity contribution >= 4 is 11.8 Å². The van der Waals surface area contributed by atoms with Gasteiger partial charge in [0.1, 0.15) is 6.04 Å². The van der Waals surface area contributed by atoms with E-state index in [0.717, 1.165) is 32.2 Å². The molecule has 2 amide bonds. The van der Waals surface area contributed by atoms with E-state index in [4.69, 9.17) is 4.74 Å². The molecule has 1 rings (SSSR count). The highest BCUT2D eigenvalue weighted by Crippen LogP contribution is 2.14. The Kier molecular flexibility index (Phi) is 13.7. The van der Waals surface area contributed by atoms with Crippen LogP contribution in [0.4, 0.5) is 0 Å². The lowest BCUT2D eigenvalue weighted by molar-refractivity contribution is -0.131. The van der Waals surface area contributed by atoms with E-state index >= 15 is 0 Å². The molecule has 0 aromatic heterocycles. The van der Waals surface area contributed by atoms with Crippen molar-refractivity contribution in [1.29, 1.82) is 0 Å². The molecule has 180 valence electrons. The van der Waals surface area contributed by atoms with Gasteiger partial charge in [-0.2, -0.15) is 0 Å². The molecule has 1 heterocycles. The van der Waals surface area contributed by atoms with Gasteiger partial charge in [0, 0.05) is 19.6 Å². The van der Waals surface area contributed by atoms with Crippen LogP contribution in [0.3, 0.4) is 0 Å². The molecular weight excluding hydrogens is 394 g/mol. The van der Waals surface area contributed by atoms with Gasteiger partial charge in [-0.05, 0) is 44.1 Å². The van der Waals surface area contributed by atoms with Gasteiger partial charge in [-0.15, -0.1) is 6.58 Å². The molecule has 0 bridgehead atoms. The fraction of sp³-hybridized carbons (Fsp3) is 0.833. The van der Waals surface area contributed by atoms with Crippen molar-refractivity contribution in [3.05, 3.63) is 12.7 Å². The fourth-order valence-corrected chi connectivity index (χ4v) is 3.64. The summed E-state index contributed by atoms with van der Waals surface area (Å²) in [7, 11) is 0. The zero-order valence-corrected chi connectivity index (χ0v) is 20.0. The number of carbonyl (C=O) groups excluding carboxylic acids is 2. The number of nitrogens with one attached hydrogen (secondary N) is 3. The Morgan fingerprint density at radius 2 is 1.87 bits per heavy atom. The molecule has 0 spiro atoms. The molecular formula is C24H45N3O4. The summed E-state index contributed by atoms with van der Waals surface area (Å²) >= 11 is 0. The third-order valence-electron chi connectivity index (χ3n) is 5.71. The average Bonchev–Trinajstić information content (AvgIpc) is 2.72. The Bertz CT molecular complexity index is 539. The van der Waals surface area contributed by atoms with Crippen LogP contribution in [-0.4, -0.2) is 60.9 Å². The maximum atomic E-state index is 13.0. The van der Waals surface area contributed by atoms with E-state index in [1.54, 1.807) is 6.08 Å². The molecule has 0 aromatic rings. The summed E-state index contributed by atoms with van der Waals surface area (Å²) in [6, 6.07) is -0.992. The highest BCUT2D eigenvalue weighted by Gasteiger charge is 2.28. The Balaban J connectivity index is 2.84. The van der Waals surface area contributed by atoms with Crippen LogP contribution in [0.1, 0.15) is 72.6 Å². The van der Waals surface area contributed by atoms with Crippen LogP contribution in [0.15, 0.2) is 12.7 Å². The Morgan fingerprint density at radius 3 is 2.52 bits per heavy atom. The highest BCUT2D eigenvalue weighted by molar-refractivity contribution is 5.88. The number of aliphatic hydroxyl groups is 1. The summed E-state index contributed by atoms with van der Waals surface area (Å²) in [5.41, 5.74) is 0. The quantitative estimate of drug-likeness (QED) is 0.344. The Morgan fingerprint density at radius 1 is 1.16 bits per heavy atom. The van der Waals surface area contributed by atoms with Crippen molar-refractivity contribution in [1.82, 2.24) is 16.0 Å². The summed E-state index contributed by atoms with van der Waals surface area (Å²) in [5, 5.41) is 20.0. The average molecular weight is 440 g/mol. The van der Waals surface area contributed by atoms with E-state index in [2.05, 4.69) is 36.4 Å². The summed E-state index contributed by atoms with van der Waals surface area (Å²) in [5.74, 6) is 0.154. The molecule has 7 nitrogen and oxygen atoms in total. The normalized spacial score (nSPS) is 26.0. The first-order valence-electron chi connectivity index (χ1n) is 12.0. The first-order chi connectivity index (χ1) is 14.7. The fourth-order valence-electron chi connectivity index (χ4n) is 3.64. The first-order valence-corrected chi connectivity index (χ1v) is 12.0. The third kappa shape index (κ3) is 11.7. The van der Waals surface area contributed by atoms with Gasteiger partial charge in [0.15, 0.2) is 0 Å². The number of rotatable bonds is 8. The smallest absolute Gasteiger partial charge is 0.243 e. The van der Waals surface area contributed by atoms with Gasteiger partial charge >= 0.3 is 0 Å². The molecule has 31 heavy (non-hydrogen) atoms. The molecule has 4 atom stereocenters. The van der Waals surface area contributed by atoms with Crippen LogP contribution in [-0.2, 0) is 14.3 Å². The predicted molar refractivity (Wildman–Crippen MR) is 125 cm³/mol. The molecule has 0 radical (unpaired) electrons. The second kappa shape index (κ2) is 15.4. The van der Waals surface area contributed by atoms with Crippen LogP contribution in [0.25, 0.3) is 0 Å². The monoisotopic (exact) mass is 439 g/mol. The largest absolute Gasteiger partial charge is 0.390 e. The summed E-state index contributed by atoms with van der Waals surface area (Å²) in [6.45, 7) is 13.7. The number of amides is 2. The van der Waals surface area contributed by atoms with E-state index in [1.165, 1.54) is 0 Å². The maximum Gasteiger partial charge on any atom is 0.243 e. The zero-order valence-electron chi connectivity index (χ0n) is 20.0. The molecule has 1 aliphatic rings. The van der Waals surface area contributed by atoms with Crippen LogP contribution in [0, 0.1) is 11.8 Å². The van der Waals surface area contributed by atoms with Gasteiger partial charge in [-0.3, -0.25) is 9.59 Å². The number of hydrogen-bond donors (Lipinski definition) is 4. The minimum absolute atomic E-state index is 0.0349. The topological polar surface area (TPSA) is 99.7 Å². The van der Waals surface area contributed by atoms with Crippen molar-refractivity contribution in [2.45, 2.75) is 96.9 Å². The summed E-state index contributed by atoms with van der Waals surface area (Å²) in [4.78, 5) is 25.3. The van der Waals surface area contributed by atoms with Gasteiger partial charge in [-0.25, -0.2) is 0 Å². The molecule has 0 aromatic carbocycles. The highest BCUT2D eigenvalue weighted by atomic mass is 16.5. The standard InChI is InChI=1S/C24H45N3O4/c1-6-19-10-7-8-11-20(21(28)16-25-14-13-17(2)3)26-24(30)23(18(4)5)27-22(29)12-9-15-31-19/h6,17-21,23,25,28H,1,7-16H2,2-5H3,(H,26,30)(H,27,29)/t19-,20+,21+,23?/m1/s1. The summed E-state index contributed by atoms with van der Waals surface area (Å²) in [6.07, 6.45) is 6.32. The van der Waals surface area contributed by atoms with E-state index < -0.39 is 12.1 Å². The molecule has 0 aliphatic carbocycles. The first kappa shape index (κ1) is 27.6. The number of aliphatic hydroxyl groups excluding tert-OH is 1. The van der Waals surface area contributed by atoms with Gasteiger partial charge in [0.05, 0.1) is 18.2 Å². The number of ether oxygens (including phenoxy) is 1. The molecule has 4 N–H and O–H groups in total. The van der Waals surface area contributed by atoms with Gasteiger partial charge < -0.3 is 25.8 Å². The van der Waals surface area contributed by atoms with Crippen LogP contribution in [0.2, 0.25) is 0 Å². The minimum atomic E-state index is -0.693. The summed E-state index contributed by atoms with van der Waals surface area (Å²) < 4.78 is 5.83. The van der Waals surface area contributed by atoms with Gasteiger partial charge in [0.25, 0.3) is 0 Å². The van der Waals surface area contributed by atoms with E-state index in [0.29, 0.717) is 38.3 Å². The second-order valence-corrected chi connectivity index (χ2v) is 9.39. The molecule has 1 aliphatic heterocycles. The van der Waals surface area contributed by atoms with E-state index in [9.17, 15) is 14.7 Å². The zero-order chi connectivity index (χ0) is 23.2. The lowest BCUT2D eigenvalue weighted by Crippen LogP contribution is -2.55. The Labute approximate surface area is 188 Å². The second-order valence-electron chi connectivity index (χ2n) is 9.39. The third-order valence-corrected chi connectivity index (χ3v) is 5.71. The van der Waals surface area contributed by atoms with Gasteiger partial charge in [0.2, 0.25) is 11.8 Å². The van der Waals surface area contributed by atoms with Crippen LogP contribution < -0.4 is 16.0 Å². The van der Waals surface area contributed by atoms with E-state index in [1.807, 2.05) is 13.8 Å². The molecule has 0 saturated carbocycles. The lowest BCUT2D eigenvalue weighted by Gasteiger charge is -2.28. The van der Waals surface area contributed by atoms with Crippen LogP contribution >= 0.6 is 0 Å². The van der Waals surface area contributed by atoms with Crippen molar-refractivity contribution < 1.29 is 19.4 Å². The molecule has 7 heteroatoms.